The summed E-state index contributed by atoms with van der Waals surface area (Å²) < 4.78 is 1.97. The third-order valence-electron chi connectivity index (χ3n) is 3.12. The number of benzene rings is 1. The van der Waals surface area contributed by atoms with Gasteiger partial charge in [-0.15, -0.1) is 11.8 Å². The van der Waals surface area contributed by atoms with Crippen LogP contribution in [0.5, 0.6) is 0 Å². The van der Waals surface area contributed by atoms with Crippen molar-refractivity contribution in [1.82, 2.24) is 15.2 Å². The SMILES string of the molecule is CCCn1cc(C(CSc2cccc(C)c2)NN)cn1. The van der Waals surface area contributed by atoms with Crippen LogP contribution in [0.4, 0.5) is 0 Å². The summed E-state index contributed by atoms with van der Waals surface area (Å²) in [4.78, 5) is 1.27. The monoisotopic (exact) mass is 290 g/mol. The van der Waals surface area contributed by atoms with Gasteiger partial charge in [0.1, 0.15) is 0 Å². The van der Waals surface area contributed by atoms with Crippen molar-refractivity contribution in [3.63, 3.8) is 0 Å². The lowest BCUT2D eigenvalue weighted by Crippen LogP contribution is -2.29. The average molecular weight is 290 g/mol. The number of nitrogens with two attached hydrogens (primary N) is 1. The number of hydrogen-bond donors (Lipinski definition) is 2. The highest BCUT2D eigenvalue weighted by Gasteiger charge is 2.12. The van der Waals surface area contributed by atoms with E-state index in [0.717, 1.165) is 24.3 Å². The van der Waals surface area contributed by atoms with Crippen LogP contribution in [0.2, 0.25) is 0 Å². The summed E-state index contributed by atoms with van der Waals surface area (Å²) in [5.74, 6) is 6.57. The predicted octanol–water partition coefficient (Wildman–Crippen LogP) is 2.90. The van der Waals surface area contributed by atoms with Crippen LogP contribution in [0.1, 0.15) is 30.5 Å². The van der Waals surface area contributed by atoms with Crippen LogP contribution in [0, 0.1) is 6.92 Å². The topological polar surface area (TPSA) is 55.9 Å². The fraction of sp³-hybridized carbons (Fsp3) is 0.400. The summed E-state index contributed by atoms with van der Waals surface area (Å²) in [5, 5.41) is 4.36. The maximum Gasteiger partial charge on any atom is 0.0584 e. The predicted molar refractivity (Wildman–Crippen MR) is 84.5 cm³/mol. The Kier molecular flexibility index (Phi) is 5.64. The molecule has 1 atom stereocenters. The highest BCUT2D eigenvalue weighted by atomic mass is 32.2. The lowest BCUT2D eigenvalue weighted by molar-refractivity contribution is 0.592. The first-order valence-electron chi connectivity index (χ1n) is 6.91. The normalized spacial score (nSPS) is 12.6. The van der Waals surface area contributed by atoms with Crippen LogP contribution in [0.3, 0.4) is 0 Å². The average Bonchev–Trinajstić information content (AvgIpc) is 2.89. The number of hydrazine groups is 1. The molecule has 1 unspecified atom stereocenters. The molecule has 0 bridgehead atoms. The highest BCUT2D eigenvalue weighted by Crippen LogP contribution is 2.24. The second-order valence-corrected chi connectivity index (χ2v) is 5.98. The van der Waals surface area contributed by atoms with E-state index < -0.39 is 0 Å². The fourth-order valence-corrected chi connectivity index (χ4v) is 3.13. The molecule has 1 heterocycles. The molecule has 0 aliphatic carbocycles. The second-order valence-electron chi connectivity index (χ2n) is 4.88. The molecule has 0 aliphatic heterocycles. The van der Waals surface area contributed by atoms with Crippen molar-refractivity contribution in [3.8, 4) is 0 Å². The van der Waals surface area contributed by atoms with E-state index in [-0.39, 0.29) is 6.04 Å². The summed E-state index contributed by atoms with van der Waals surface area (Å²) in [7, 11) is 0. The maximum absolute atomic E-state index is 5.68. The minimum atomic E-state index is 0.117. The van der Waals surface area contributed by atoms with E-state index in [4.69, 9.17) is 5.84 Å². The Labute approximate surface area is 124 Å². The highest BCUT2D eigenvalue weighted by molar-refractivity contribution is 7.99. The van der Waals surface area contributed by atoms with Gasteiger partial charge in [0, 0.05) is 29.0 Å². The molecule has 0 amide bonds. The van der Waals surface area contributed by atoms with Crippen molar-refractivity contribution in [2.75, 3.05) is 5.75 Å². The van der Waals surface area contributed by atoms with Crippen LogP contribution in [-0.2, 0) is 6.54 Å². The van der Waals surface area contributed by atoms with Crippen LogP contribution in [0.25, 0.3) is 0 Å². The molecule has 0 aliphatic rings. The van der Waals surface area contributed by atoms with Crippen LogP contribution in [0.15, 0.2) is 41.6 Å². The third-order valence-corrected chi connectivity index (χ3v) is 4.20. The molecule has 2 aromatic rings. The van der Waals surface area contributed by atoms with Gasteiger partial charge in [-0.25, -0.2) is 0 Å². The van der Waals surface area contributed by atoms with Gasteiger partial charge in [0.15, 0.2) is 0 Å². The molecule has 0 fully saturated rings. The first kappa shape index (κ1) is 15.1. The van der Waals surface area contributed by atoms with E-state index in [1.54, 1.807) is 11.8 Å². The minimum Gasteiger partial charge on any atom is -0.272 e. The van der Waals surface area contributed by atoms with E-state index in [2.05, 4.69) is 54.8 Å². The number of hydrogen-bond acceptors (Lipinski definition) is 4. The van der Waals surface area contributed by atoms with Gasteiger partial charge in [-0.2, -0.15) is 5.10 Å². The molecule has 20 heavy (non-hydrogen) atoms. The summed E-state index contributed by atoms with van der Waals surface area (Å²) in [6, 6.07) is 8.63. The molecule has 5 heteroatoms. The van der Waals surface area contributed by atoms with E-state index in [1.165, 1.54) is 10.5 Å². The van der Waals surface area contributed by atoms with Crippen molar-refractivity contribution in [2.45, 2.75) is 37.8 Å². The molecular weight excluding hydrogens is 268 g/mol. The quantitative estimate of drug-likeness (QED) is 0.468. The lowest BCUT2D eigenvalue weighted by Gasteiger charge is -2.13. The first-order valence-corrected chi connectivity index (χ1v) is 7.89. The van der Waals surface area contributed by atoms with Gasteiger partial charge in [0.2, 0.25) is 0 Å². The number of nitrogens with zero attached hydrogens (tertiary/aromatic N) is 2. The Morgan fingerprint density at radius 2 is 2.30 bits per heavy atom. The van der Waals surface area contributed by atoms with Gasteiger partial charge in [-0.3, -0.25) is 16.0 Å². The smallest absolute Gasteiger partial charge is 0.0584 e. The lowest BCUT2D eigenvalue weighted by atomic mass is 10.2. The van der Waals surface area contributed by atoms with Gasteiger partial charge < -0.3 is 0 Å². The van der Waals surface area contributed by atoms with Crippen molar-refractivity contribution in [3.05, 3.63) is 47.8 Å². The third kappa shape index (κ3) is 4.10. The van der Waals surface area contributed by atoms with Crippen molar-refractivity contribution >= 4 is 11.8 Å². The fourth-order valence-electron chi connectivity index (χ4n) is 2.04. The molecule has 0 saturated carbocycles. The Balaban J connectivity index is 1.97. The van der Waals surface area contributed by atoms with E-state index in [9.17, 15) is 0 Å². The largest absolute Gasteiger partial charge is 0.272 e. The zero-order valence-corrected chi connectivity index (χ0v) is 12.9. The number of aryl methyl sites for hydroxylation is 2. The van der Waals surface area contributed by atoms with Crippen molar-refractivity contribution < 1.29 is 0 Å². The summed E-state index contributed by atoms with van der Waals surface area (Å²) in [6.07, 6.45) is 5.06. The standard InChI is InChI=1S/C15H22N4S/c1-3-7-19-10-13(9-17-19)15(18-16)11-20-14-6-4-5-12(2)8-14/h4-6,8-10,15,18H,3,7,11,16H2,1-2H3. The molecule has 0 spiro atoms. The first-order chi connectivity index (χ1) is 9.72. The van der Waals surface area contributed by atoms with Crippen LogP contribution >= 0.6 is 11.8 Å². The molecule has 0 radical (unpaired) electrons. The summed E-state index contributed by atoms with van der Waals surface area (Å²) >= 11 is 1.81. The summed E-state index contributed by atoms with van der Waals surface area (Å²) in [5.41, 5.74) is 5.30. The van der Waals surface area contributed by atoms with E-state index in [1.807, 2.05) is 10.9 Å². The molecule has 4 nitrogen and oxygen atoms in total. The number of aromatic nitrogens is 2. The van der Waals surface area contributed by atoms with Crippen molar-refractivity contribution in [1.29, 1.82) is 0 Å². The Morgan fingerprint density at radius 1 is 1.45 bits per heavy atom. The van der Waals surface area contributed by atoms with Gasteiger partial charge in [0.25, 0.3) is 0 Å². The molecule has 108 valence electrons. The molecule has 3 N–H and O–H groups in total. The van der Waals surface area contributed by atoms with E-state index >= 15 is 0 Å². The molecule has 1 aromatic heterocycles. The zero-order valence-electron chi connectivity index (χ0n) is 12.0. The van der Waals surface area contributed by atoms with E-state index in [0.29, 0.717) is 0 Å². The molecule has 0 saturated heterocycles. The van der Waals surface area contributed by atoms with Gasteiger partial charge in [-0.05, 0) is 25.5 Å². The Bertz CT molecular complexity index is 538. The van der Waals surface area contributed by atoms with Crippen LogP contribution < -0.4 is 11.3 Å². The van der Waals surface area contributed by atoms with Crippen molar-refractivity contribution in [2.24, 2.45) is 5.84 Å². The number of rotatable bonds is 7. The number of thioether (sulfide) groups is 1. The maximum atomic E-state index is 5.68. The molecule has 1 aromatic carbocycles. The number of nitrogens with one attached hydrogen (secondary N) is 1. The summed E-state index contributed by atoms with van der Waals surface area (Å²) in [6.45, 7) is 5.20. The van der Waals surface area contributed by atoms with Crippen LogP contribution in [-0.4, -0.2) is 15.5 Å². The minimum absolute atomic E-state index is 0.117. The molecule has 2 rings (SSSR count). The van der Waals surface area contributed by atoms with Gasteiger partial charge in [-0.1, -0.05) is 24.6 Å². The molecular formula is C15H22N4S. The zero-order chi connectivity index (χ0) is 14.4. The Morgan fingerprint density at radius 3 is 3.00 bits per heavy atom. The Hall–Kier alpha value is -1.30. The van der Waals surface area contributed by atoms with Gasteiger partial charge >= 0.3 is 0 Å². The second kappa shape index (κ2) is 7.47. The van der Waals surface area contributed by atoms with Gasteiger partial charge in [0.05, 0.1) is 12.2 Å².